The monoisotopic (exact) mass is 624 g/mol. The summed E-state index contributed by atoms with van der Waals surface area (Å²) < 4.78 is 17.1. The molecule has 1 aliphatic heterocycles. The minimum Gasteiger partial charge on any atom is -0.508 e. The van der Waals surface area contributed by atoms with E-state index in [2.05, 4.69) is 0 Å². The number of fused-ring (bicyclic) bond motifs is 4. The van der Waals surface area contributed by atoms with Gasteiger partial charge in [0.2, 0.25) is 12.6 Å². The number of hydrogen-bond donors (Lipinski definition) is 4. The van der Waals surface area contributed by atoms with Crippen LogP contribution < -0.4 is 15.2 Å². The first-order valence-electron chi connectivity index (χ1n) is 14.9. The molecular formula is C35H32N2O9. The number of ketones is 2. The molecule has 11 heteroatoms. The lowest BCUT2D eigenvalue weighted by molar-refractivity contribution is -0.149. The highest BCUT2D eigenvalue weighted by molar-refractivity contribution is 6.25. The van der Waals surface area contributed by atoms with Gasteiger partial charge in [0.1, 0.15) is 29.4 Å². The number of likely N-dealkylation sites (N-methyl/N-ethyl adjacent to an activating group) is 1. The Morgan fingerprint density at radius 1 is 1.04 bits per heavy atom. The van der Waals surface area contributed by atoms with E-state index in [-0.39, 0.29) is 48.9 Å². The zero-order chi connectivity index (χ0) is 32.5. The highest BCUT2D eigenvalue weighted by Gasteiger charge is 2.63. The second-order valence-corrected chi connectivity index (χ2v) is 12.3. The summed E-state index contributed by atoms with van der Waals surface area (Å²) in [6.07, 6.45) is 0.294. The van der Waals surface area contributed by atoms with Crippen molar-refractivity contribution in [1.82, 2.24) is 4.90 Å². The van der Waals surface area contributed by atoms with Crippen molar-refractivity contribution in [3.63, 3.8) is 0 Å². The highest BCUT2D eigenvalue weighted by atomic mass is 16.7. The number of ether oxygens (including phenoxy) is 3. The second-order valence-electron chi connectivity index (χ2n) is 12.3. The first-order chi connectivity index (χ1) is 22.0. The van der Waals surface area contributed by atoms with Gasteiger partial charge in [0.05, 0.1) is 11.6 Å². The predicted molar refractivity (Wildman–Crippen MR) is 164 cm³/mol. The molecule has 0 bridgehead atoms. The second kappa shape index (κ2) is 10.7. The van der Waals surface area contributed by atoms with E-state index in [1.54, 1.807) is 37.2 Å². The molecule has 236 valence electrons. The molecule has 0 spiro atoms. The van der Waals surface area contributed by atoms with E-state index in [4.69, 9.17) is 19.9 Å². The number of hydrogen-bond acceptors (Lipinski definition) is 10. The lowest BCUT2D eigenvalue weighted by Crippen LogP contribution is -2.64. The van der Waals surface area contributed by atoms with Crippen LogP contribution in [0.15, 0.2) is 83.3 Å². The van der Waals surface area contributed by atoms with Crippen LogP contribution in [0.25, 0.3) is 11.1 Å². The van der Waals surface area contributed by atoms with E-state index < -0.39 is 52.3 Å². The predicted octanol–water partition coefficient (Wildman–Crippen LogP) is 3.18. The Hall–Kier alpha value is -5.13. The SMILES string of the molecule is CN(C)[C@@H]1C(OCc2ccccc2)=C(C(N)=O)C(=O)[C@@]2(O)C(O)=C3C(=O)c4c(O)ccc(-c5ccc6c(c5)OCO6)c4C[C@H]3C[C@@H]12. The largest absolute Gasteiger partial charge is 0.508 e. The third kappa shape index (κ3) is 4.30. The number of phenols is 1. The maximum absolute atomic E-state index is 14.1. The lowest BCUT2D eigenvalue weighted by Gasteiger charge is -2.50. The van der Waals surface area contributed by atoms with Crippen LogP contribution in [0.3, 0.4) is 0 Å². The number of amides is 1. The van der Waals surface area contributed by atoms with Crippen molar-refractivity contribution in [3.8, 4) is 28.4 Å². The number of aliphatic hydroxyl groups excluding tert-OH is 1. The van der Waals surface area contributed by atoms with E-state index >= 15 is 0 Å². The van der Waals surface area contributed by atoms with Crippen LogP contribution in [0.4, 0.5) is 0 Å². The van der Waals surface area contributed by atoms with E-state index in [0.29, 0.717) is 22.6 Å². The minimum atomic E-state index is -2.64. The smallest absolute Gasteiger partial charge is 0.255 e. The molecule has 5 N–H and O–H groups in total. The maximum atomic E-state index is 14.1. The molecule has 3 aliphatic carbocycles. The normalized spacial score (nSPS) is 24.9. The lowest BCUT2D eigenvalue weighted by atomic mass is 9.58. The molecule has 4 atom stereocenters. The highest BCUT2D eigenvalue weighted by Crippen LogP contribution is 2.53. The summed E-state index contributed by atoms with van der Waals surface area (Å²) >= 11 is 0. The Morgan fingerprint density at radius 3 is 2.50 bits per heavy atom. The van der Waals surface area contributed by atoms with Gasteiger partial charge in [-0.2, -0.15) is 0 Å². The molecule has 4 aliphatic rings. The number of benzene rings is 3. The summed E-state index contributed by atoms with van der Waals surface area (Å²) in [5.41, 5.74) is 5.07. The Balaban J connectivity index is 1.35. The number of primary amides is 1. The van der Waals surface area contributed by atoms with Crippen molar-refractivity contribution >= 4 is 17.5 Å². The molecular weight excluding hydrogens is 592 g/mol. The van der Waals surface area contributed by atoms with Crippen LogP contribution in [-0.2, 0) is 27.4 Å². The van der Waals surface area contributed by atoms with Crippen molar-refractivity contribution < 1.29 is 43.9 Å². The van der Waals surface area contributed by atoms with E-state index in [9.17, 15) is 29.7 Å². The first kappa shape index (κ1) is 29.6. The van der Waals surface area contributed by atoms with Crippen molar-refractivity contribution in [2.45, 2.75) is 31.1 Å². The van der Waals surface area contributed by atoms with Gasteiger partial charge in [-0.15, -0.1) is 0 Å². The van der Waals surface area contributed by atoms with Gasteiger partial charge in [-0.3, -0.25) is 19.3 Å². The van der Waals surface area contributed by atoms with Crippen LogP contribution in [0.1, 0.15) is 27.9 Å². The molecule has 0 unspecified atom stereocenters. The molecule has 7 rings (SSSR count). The van der Waals surface area contributed by atoms with Gasteiger partial charge in [0.15, 0.2) is 22.9 Å². The summed E-state index contributed by atoms with van der Waals surface area (Å²) in [4.78, 5) is 42.7. The molecule has 46 heavy (non-hydrogen) atoms. The Kier molecular flexibility index (Phi) is 6.91. The zero-order valence-electron chi connectivity index (χ0n) is 25.1. The van der Waals surface area contributed by atoms with E-state index in [1.807, 2.05) is 36.4 Å². The number of carbonyl (C=O) groups is 3. The number of carbonyl (C=O) groups excluding carboxylic acids is 3. The molecule has 1 heterocycles. The number of rotatable bonds is 6. The van der Waals surface area contributed by atoms with Gasteiger partial charge in [-0.1, -0.05) is 42.5 Å². The third-order valence-electron chi connectivity index (χ3n) is 9.51. The topological polar surface area (TPSA) is 169 Å². The van der Waals surface area contributed by atoms with Gasteiger partial charge < -0.3 is 35.3 Å². The number of Topliss-reactive ketones (excluding diaryl/α,β-unsaturated/α-hetero) is 2. The number of nitrogens with zero attached hydrogens (tertiary/aromatic N) is 1. The maximum Gasteiger partial charge on any atom is 0.255 e. The van der Waals surface area contributed by atoms with Crippen molar-refractivity contribution in [2.24, 2.45) is 17.6 Å². The number of aromatic hydroxyl groups is 1. The summed E-state index contributed by atoms with van der Waals surface area (Å²) in [5.74, 6) is -4.61. The molecule has 0 saturated carbocycles. The van der Waals surface area contributed by atoms with Crippen molar-refractivity contribution in [1.29, 1.82) is 0 Å². The summed E-state index contributed by atoms with van der Waals surface area (Å²) in [5, 5.41) is 34.8. The van der Waals surface area contributed by atoms with Crippen molar-refractivity contribution in [2.75, 3.05) is 20.9 Å². The molecule has 3 aromatic rings. The number of phenolic OH excluding ortho intramolecular Hbond substituents is 1. The van der Waals surface area contributed by atoms with Gasteiger partial charge >= 0.3 is 0 Å². The molecule has 0 aromatic heterocycles. The molecule has 0 radical (unpaired) electrons. The van der Waals surface area contributed by atoms with Gasteiger partial charge in [-0.05, 0) is 73.3 Å². The Bertz CT molecular complexity index is 1880. The molecule has 0 fully saturated rings. The van der Waals surface area contributed by atoms with Gasteiger partial charge in [0.25, 0.3) is 5.91 Å². The van der Waals surface area contributed by atoms with Crippen LogP contribution in [-0.4, -0.2) is 70.2 Å². The summed E-state index contributed by atoms with van der Waals surface area (Å²) in [7, 11) is 3.41. The number of nitrogens with two attached hydrogens (primary N) is 1. The molecule has 11 nitrogen and oxygen atoms in total. The molecule has 0 saturated heterocycles. The fourth-order valence-corrected chi connectivity index (χ4v) is 7.45. The quantitative estimate of drug-likeness (QED) is 0.299. The Morgan fingerprint density at radius 2 is 1.78 bits per heavy atom. The van der Waals surface area contributed by atoms with Gasteiger partial charge in [-0.25, -0.2) is 0 Å². The molecule has 3 aromatic carbocycles. The van der Waals surface area contributed by atoms with Crippen molar-refractivity contribution in [3.05, 3.63) is 100 Å². The first-order valence-corrected chi connectivity index (χ1v) is 14.9. The average Bonchev–Trinajstić information content (AvgIpc) is 3.50. The van der Waals surface area contributed by atoms with Crippen LogP contribution in [0.2, 0.25) is 0 Å². The fraction of sp³-hybridized carbons (Fsp3) is 0.286. The zero-order valence-corrected chi connectivity index (χ0v) is 25.1. The van der Waals surface area contributed by atoms with Gasteiger partial charge in [0, 0.05) is 11.5 Å². The Labute approximate surface area is 264 Å². The molecule has 1 amide bonds. The van der Waals surface area contributed by atoms with E-state index in [0.717, 1.165) is 11.1 Å². The number of allylic oxidation sites excluding steroid dienone is 1. The fourth-order valence-electron chi connectivity index (χ4n) is 7.45. The van der Waals surface area contributed by atoms with Crippen LogP contribution in [0, 0.1) is 11.8 Å². The standard InChI is InChI=1S/C35H32N2O9/c1-37(2)29-22-13-19-12-21-20(18-8-11-24-25(14-18)46-16-45-24)9-10-23(38)27(21)30(39)26(19)32(40)35(22,43)33(41)28(34(36)42)31(29)44-15-17-6-4-3-5-7-17/h3-11,14,19,22,29,38,40,43H,12-13,15-16H2,1-2H3,(H2,36,42)/t19-,22-,29-,35-/m0/s1. The minimum absolute atomic E-state index is 0.00138. The third-order valence-corrected chi connectivity index (χ3v) is 9.51. The van der Waals surface area contributed by atoms with Crippen LogP contribution >= 0.6 is 0 Å². The summed E-state index contributed by atoms with van der Waals surface area (Å²) in [6.45, 7) is 0.121. The summed E-state index contributed by atoms with van der Waals surface area (Å²) in [6, 6.07) is 16.8. The average molecular weight is 625 g/mol. The van der Waals surface area contributed by atoms with E-state index in [1.165, 1.54) is 6.07 Å². The van der Waals surface area contributed by atoms with Crippen LogP contribution in [0.5, 0.6) is 17.2 Å². The number of aliphatic hydroxyl groups is 2.